The predicted octanol–water partition coefficient (Wildman–Crippen LogP) is 0.720. The number of aliphatic imine (C=N–C) groups is 1. The highest BCUT2D eigenvalue weighted by molar-refractivity contribution is 14.0. The van der Waals surface area contributed by atoms with E-state index in [1.807, 2.05) is 6.92 Å². The van der Waals surface area contributed by atoms with Gasteiger partial charge in [0.15, 0.2) is 5.96 Å². The van der Waals surface area contributed by atoms with Crippen LogP contribution in [0.4, 0.5) is 4.79 Å². The van der Waals surface area contributed by atoms with Gasteiger partial charge >= 0.3 is 6.09 Å². The lowest BCUT2D eigenvalue weighted by molar-refractivity contribution is 0.0529. The second kappa shape index (κ2) is 11.8. The molecule has 0 aromatic heterocycles. The monoisotopic (exact) mass is 505 g/mol. The van der Waals surface area contributed by atoms with Crippen molar-refractivity contribution in [3.05, 3.63) is 0 Å². The summed E-state index contributed by atoms with van der Waals surface area (Å²) in [7, 11) is -3.08. The Kier molecular flexibility index (Phi) is 11.4. The van der Waals surface area contributed by atoms with E-state index in [-0.39, 0.29) is 29.7 Å². The zero-order valence-electron chi connectivity index (χ0n) is 16.0. The van der Waals surface area contributed by atoms with Crippen molar-refractivity contribution in [2.45, 2.75) is 39.7 Å². The third kappa shape index (κ3) is 10.4. The number of hydrogen-bond donors (Lipinski definition) is 3. The lowest BCUT2D eigenvalue weighted by Gasteiger charge is -2.20. The van der Waals surface area contributed by atoms with Crippen LogP contribution in [-0.2, 0) is 14.8 Å². The normalized spacial score (nSPS) is 17.3. The van der Waals surface area contributed by atoms with E-state index < -0.39 is 21.7 Å². The lowest BCUT2D eigenvalue weighted by atomic mass is 10.2. The molecule has 154 valence electrons. The molecular formula is C15H32IN5O4S. The Bertz CT molecular complexity index is 563. The van der Waals surface area contributed by atoms with Crippen LogP contribution in [0.15, 0.2) is 4.99 Å². The average Bonchev–Trinajstić information content (AvgIpc) is 2.80. The Hall–Kier alpha value is -0.820. The number of nitrogens with zero attached hydrogens (tertiary/aromatic N) is 2. The summed E-state index contributed by atoms with van der Waals surface area (Å²) >= 11 is 0. The molecule has 1 amide bonds. The molecule has 1 aliphatic heterocycles. The molecule has 0 unspecified atom stereocenters. The van der Waals surface area contributed by atoms with Crippen molar-refractivity contribution in [2.75, 3.05) is 45.0 Å². The molecule has 1 heterocycles. The van der Waals surface area contributed by atoms with Crippen LogP contribution in [0.1, 0.15) is 34.1 Å². The number of guanidine groups is 1. The number of halogens is 1. The van der Waals surface area contributed by atoms with Gasteiger partial charge in [-0.25, -0.2) is 17.5 Å². The van der Waals surface area contributed by atoms with E-state index in [9.17, 15) is 13.2 Å². The highest BCUT2D eigenvalue weighted by Crippen LogP contribution is 2.12. The minimum absolute atomic E-state index is 0. The van der Waals surface area contributed by atoms with Gasteiger partial charge in [0.05, 0.1) is 12.3 Å². The van der Waals surface area contributed by atoms with Crippen molar-refractivity contribution in [1.29, 1.82) is 0 Å². The molecule has 1 aliphatic rings. The van der Waals surface area contributed by atoms with Crippen LogP contribution in [0, 0.1) is 0 Å². The van der Waals surface area contributed by atoms with E-state index in [1.54, 1.807) is 20.8 Å². The van der Waals surface area contributed by atoms with Crippen molar-refractivity contribution >= 4 is 46.1 Å². The van der Waals surface area contributed by atoms with Crippen LogP contribution < -0.4 is 16.0 Å². The quantitative estimate of drug-likeness (QED) is 0.204. The highest BCUT2D eigenvalue weighted by atomic mass is 127. The van der Waals surface area contributed by atoms with Crippen LogP contribution in [-0.4, -0.2) is 75.4 Å². The first kappa shape index (κ1) is 25.2. The third-order valence-corrected chi connectivity index (χ3v) is 5.21. The second-order valence-corrected chi connectivity index (χ2v) is 8.77. The third-order valence-electron chi connectivity index (χ3n) is 3.25. The van der Waals surface area contributed by atoms with Crippen molar-refractivity contribution in [2.24, 2.45) is 4.99 Å². The lowest BCUT2D eigenvalue weighted by Crippen LogP contribution is -2.42. The summed E-state index contributed by atoms with van der Waals surface area (Å²) in [4.78, 5) is 15.9. The fourth-order valence-corrected chi connectivity index (χ4v) is 3.74. The van der Waals surface area contributed by atoms with E-state index in [0.29, 0.717) is 51.6 Å². The second-order valence-electron chi connectivity index (χ2n) is 6.68. The summed E-state index contributed by atoms with van der Waals surface area (Å²) < 4.78 is 30.1. The van der Waals surface area contributed by atoms with Gasteiger partial charge in [0, 0.05) is 32.7 Å². The van der Waals surface area contributed by atoms with Crippen LogP contribution in [0.2, 0.25) is 0 Å². The number of ether oxygens (including phenoxy) is 1. The molecule has 0 aliphatic carbocycles. The van der Waals surface area contributed by atoms with Crippen molar-refractivity contribution in [3.8, 4) is 0 Å². The van der Waals surface area contributed by atoms with E-state index in [0.717, 1.165) is 0 Å². The molecule has 0 radical (unpaired) electrons. The molecule has 1 fully saturated rings. The minimum Gasteiger partial charge on any atom is -0.444 e. The molecule has 9 nitrogen and oxygen atoms in total. The van der Waals surface area contributed by atoms with E-state index >= 15 is 0 Å². The molecule has 1 saturated heterocycles. The van der Waals surface area contributed by atoms with Gasteiger partial charge in [-0.1, -0.05) is 0 Å². The predicted molar refractivity (Wildman–Crippen MR) is 114 cm³/mol. The Balaban J connectivity index is 0.00000625. The minimum atomic E-state index is -3.08. The number of alkyl carbamates (subject to hydrolysis) is 1. The van der Waals surface area contributed by atoms with Gasteiger partial charge in [-0.05, 0) is 34.1 Å². The molecule has 0 saturated carbocycles. The number of carbonyl (C=O) groups excluding carboxylic acids is 1. The Morgan fingerprint density at radius 2 is 1.85 bits per heavy atom. The molecule has 11 heteroatoms. The van der Waals surface area contributed by atoms with Gasteiger partial charge in [-0.15, -0.1) is 24.0 Å². The van der Waals surface area contributed by atoms with Gasteiger partial charge < -0.3 is 20.7 Å². The topological polar surface area (TPSA) is 112 Å². The largest absolute Gasteiger partial charge is 0.444 e. The number of amides is 1. The van der Waals surface area contributed by atoms with Gasteiger partial charge in [0.2, 0.25) is 10.0 Å². The molecule has 26 heavy (non-hydrogen) atoms. The Morgan fingerprint density at radius 3 is 2.38 bits per heavy atom. The van der Waals surface area contributed by atoms with Crippen molar-refractivity contribution in [1.82, 2.24) is 20.3 Å². The molecular weight excluding hydrogens is 473 g/mol. The van der Waals surface area contributed by atoms with Crippen LogP contribution in [0.3, 0.4) is 0 Å². The SMILES string of the molecule is CCNC(=NCCN1CCCS1(=O)=O)NCCNC(=O)OC(C)(C)C.I. The van der Waals surface area contributed by atoms with Crippen LogP contribution >= 0.6 is 24.0 Å². The molecule has 1 rings (SSSR count). The zero-order chi connectivity index (χ0) is 18.9. The maximum Gasteiger partial charge on any atom is 0.407 e. The summed E-state index contributed by atoms with van der Waals surface area (Å²) in [5.41, 5.74) is -0.524. The van der Waals surface area contributed by atoms with Crippen LogP contribution in [0.25, 0.3) is 0 Å². The number of nitrogens with one attached hydrogen (secondary N) is 3. The first-order valence-corrected chi connectivity index (χ1v) is 10.2. The smallest absolute Gasteiger partial charge is 0.407 e. The van der Waals surface area contributed by atoms with Gasteiger partial charge in [-0.2, -0.15) is 0 Å². The van der Waals surface area contributed by atoms with Crippen LogP contribution in [0.5, 0.6) is 0 Å². The first-order chi connectivity index (χ1) is 11.6. The number of hydrogen-bond acceptors (Lipinski definition) is 5. The number of sulfonamides is 1. The fourth-order valence-electron chi connectivity index (χ4n) is 2.22. The first-order valence-electron chi connectivity index (χ1n) is 8.61. The summed E-state index contributed by atoms with van der Waals surface area (Å²) in [6.07, 6.45) is 0.219. The highest BCUT2D eigenvalue weighted by Gasteiger charge is 2.27. The molecule has 0 aromatic rings. The summed E-state index contributed by atoms with van der Waals surface area (Å²) in [6.45, 7) is 10.3. The Labute approximate surface area is 173 Å². The number of rotatable bonds is 7. The standard InChI is InChI=1S/C15H31N5O4S.HI/c1-5-16-13(17-7-8-19-14(21)24-15(2,3)4)18-9-11-20-10-6-12-25(20,22)23;/h5-12H2,1-4H3,(H,19,21)(H2,16,17,18);1H. The van der Waals surface area contributed by atoms with Gasteiger partial charge in [-0.3, -0.25) is 4.99 Å². The van der Waals surface area contributed by atoms with E-state index in [4.69, 9.17) is 4.74 Å². The van der Waals surface area contributed by atoms with Gasteiger partial charge in [0.25, 0.3) is 0 Å². The fraction of sp³-hybridized carbons (Fsp3) is 0.867. The van der Waals surface area contributed by atoms with E-state index in [2.05, 4.69) is 20.9 Å². The molecule has 0 bridgehead atoms. The molecule has 0 aromatic carbocycles. The van der Waals surface area contributed by atoms with Gasteiger partial charge in [0.1, 0.15) is 5.60 Å². The number of carbonyl (C=O) groups is 1. The van der Waals surface area contributed by atoms with E-state index in [1.165, 1.54) is 4.31 Å². The average molecular weight is 505 g/mol. The summed E-state index contributed by atoms with van der Waals surface area (Å²) in [5, 5.41) is 8.82. The maximum absolute atomic E-state index is 11.7. The molecule has 3 N–H and O–H groups in total. The molecule has 0 atom stereocenters. The zero-order valence-corrected chi connectivity index (χ0v) is 19.1. The Morgan fingerprint density at radius 1 is 1.19 bits per heavy atom. The van der Waals surface area contributed by atoms with Crippen molar-refractivity contribution in [3.63, 3.8) is 0 Å². The maximum atomic E-state index is 11.7. The summed E-state index contributed by atoms with van der Waals surface area (Å²) in [5.74, 6) is 0.816. The van der Waals surface area contributed by atoms with Crippen molar-refractivity contribution < 1.29 is 17.9 Å². The summed E-state index contributed by atoms with van der Waals surface area (Å²) in [6, 6.07) is 0. The molecule has 0 spiro atoms.